The van der Waals surface area contributed by atoms with E-state index in [1.54, 1.807) is 0 Å². The molecule has 0 bridgehead atoms. The summed E-state index contributed by atoms with van der Waals surface area (Å²) in [6.45, 7) is 3.88. The maximum Gasteiger partial charge on any atom is 0.234 e. The number of aryl methyl sites for hydroxylation is 1. The molecule has 0 radical (unpaired) electrons. The summed E-state index contributed by atoms with van der Waals surface area (Å²) in [6, 6.07) is 10.4. The number of amides is 1. The fraction of sp³-hybridized carbons (Fsp3) is 0.500. The lowest BCUT2D eigenvalue weighted by atomic mass is 9.83. The molecule has 7 heteroatoms. The number of hydrogen-bond donors (Lipinski definition) is 1. The molecule has 1 aliphatic carbocycles. The number of aromatic nitrogens is 3. The van der Waals surface area contributed by atoms with Gasteiger partial charge in [-0.1, -0.05) is 55.3 Å². The van der Waals surface area contributed by atoms with E-state index >= 15 is 0 Å². The molecule has 0 saturated heterocycles. The normalized spacial score (nSPS) is 17.1. The van der Waals surface area contributed by atoms with Gasteiger partial charge in [0.15, 0.2) is 11.0 Å². The summed E-state index contributed by atoms with van der Waals surface area (Å²) in [7, 11) is 1.91. The third-order valence-corrected chi connectivity index (χ3v) is 6.29. The van der Waals surface area contributed by atoms with Crippen LogP contribution >= 0.6 is 11.8 Å². The van der Waals surface area contributed by atoms with Crippen LogP contribution in [-0.4, -0.2) is 31.5 Å². The SMILES string of the molecule is Cc1ccccc1-c1nnc(SC(C)C(=O)NC2(C#N)CCCCC2)n1C. The van der Waals surface area contributed by atoms with E-state index in [2.05, 4.69) is 21.6 Å². The molecule has 27 heavy (non-hydrogen) atoms. The molecular weight excluding hydrogens is 358 g/mol. The molecule has 1 fully saturated rings. The smallest absolute Gasteiger partial charge is 0.234 e. The van der Waals surface area contributed by atoms with Gasteiger partial charge in [-0.3, -0.25) is 4.79 Å². The Morgan fingerprint density at radius 1 is 1.30 bits per heavy atom. The summed E-state index contributed by atoms with van der Waals surface area (Å²) in [6.07, 6.45) is 4.56. The third kappa shape index (κ3) is 4.16. The number of nitrogens with one attached hydrogen (secondary N) is 1. The Kier molecular flexibility index (Phi) is 5.85. The fourth-order valence-corrected chi connectivity index (χ4v) is 4.26. The molecule has 3 rings (SSSR count). The Balaban J connectivity index is 1.71. The Labute approximate surface area is 164 Å². The van der Waals surface area contributed by atoms with Gasteiger partial charge in [-0.2, -0.15) is 5.26 Å². The van der Waals surface area contributed by atoms with Gasteiger partial charge in [0.1, 0.15) is 5.54 Å². The Morgan fingerprint density at radius 2 is 2.00 bits per heavy atom. The summed E-state index contributed by atoms with van der Waals surface area (Å²) in [5.41, 5.74) is 1.45. The fourth-order valence-electron chi connectivity index (χ4n) is 3.45. The van der Waals surface area contributed by atoms with E-state index in [-0.39, 0.29) is 11.2 Å². The average molecular weight is 384 g/mol. The molecule has 142 valence electrons. The van der Waals surface area contributed by atoms with Crippen LogP contribution in [0.25, 0.3) is 11.4 Å². The number of carbonyl (C=O) groups excluding carboxylic acids is 1. The predicted molar refractivity (Wildman–Crippen MR) is 106 cm³/mol. The van der Waals surface area contributed by atoms with Crippen LogP contribution in [0.2, 0.25) is 0 Å². The zero-order valence-corrected chi connectivity index (χ0v) is 16.8. The molecule has 1 aromatic carbocycles. The lowest BCUT2D eigenvalue weighted by Crippen LogP contribution is -2.50. The van der Waals surface area contributed by atoms with Gasteiger partial charge in [0, 0.05) is 12.6 Å². The standard InChI is InChI=1S/C20H25N5OS/c1-14-9-5-6-10-16(14)17-23-24-19(25(17)3)27-15(2)18(26)22-20(13-21)11-7-4-8-12-20/h5-6,9-10,15H,4,7-8,11-12H2,1-3H3,(H,22,26). The molecule has 1 amide bonds. The Bertz CT molecular complexity index is 863. The van der Waals surface area contributed by atoms with Crippen LogP contribution in [-0.2, 0) is 11.8 Å². The van der Waals surface area contributed by atoms with E-state index in [1.165, 1.54) is 11.8 Å². The molecule has 1 aromatic heterocycles. The van der Waals surface area contributed by atoms with Crippen molar-refractivity contribution in [1.82, 2.24) is 20.1 Å². The number of rotatable bonds is 5. The number of nitrogens with zero attached hydrogens (tertiary/aromatic N) is 4. The monoisotopic (exact) mass is 383 g/mol. The molecule has 1 unspecified atom stereocenters. The predicted octanol–water partition coefficient (Wildman–Crippen LogP) is 3.61. The van der Waals surface area contributed by atoms with Crippen LogP contribution in [0.5, 0.6) is 0 Å². The minimum absolute atomic E-state index is 0.121. The van der Waals surface area contributed by atoms with E-state index < -0.39 is 5.54 Å². The van der Waals surface area contributed by atoms with Crippen molar-refractivity contribution in [3.63, 3.8) is 0 Å². The molecule has 2 aromatic rings. The van der Waals surface area contributed by atoms with Crippen LogP contribution in [0, 0.1) is 18.3 Å². The molecular formula is C20H25N5OS. The van der Waals surface area contributed by atoms with Gasteiger partial charge in [0.05, 0.1) is 11.3 Å². The van der Waals surface area contributed by atoms with Crippen molar-refractivity contribution in [2.24, 2.45) is 7.05 Å². The van der Waals surface area contributed by atoms with Crippen molar-refractivity contribution in [3.05, 3.63) is 29.8 Å². The van der Waals surface area contributed by atoms with Crippen LogP contribution < -0.4 is 5.32 Å². The van der Waals surface area contributed by atoms with Gasteiger partial charge in [-0.25, -0.2) is 0 Å². The van der Waals surface area contributed by atoms with Crippen LogP contribution in [0.1, 0.15) is 44.6 Å². The average Bonchev–Trinajstić information content (AvgIpc) is 3.03. The van der Waals surface area contributed by atoms with Gasteiger partial charge in [-0.05, 0) is 32.3 Å². The Hall–Kier alpha value is -2.33. The van der Waals surface area contributed by atoms with E-state index in [0.717, 1.165) is 49.1 Å². The van der Waals surface area contributed by atoms with E-state index in [4.69, 9.17) is 0 Å². The second-order valence-electron chi connectivity index (χ2n) is 7.18. The zero-order chi connectivity index (χ0) is 19.4. The second-order valence-corrected chi connectivity index (χ2v) is 8.49. The molecule has 1 atom stereocenters. The first-order valence-electron chi connectivity index (χ1n) is 9.31. The highest BCUT2D eigenvalue weighted by molar-refractivity contribution is 8.00. The molecule has 1 heterocycles. The molecule has 1 saturated carbocycles. The van der Waals surface area contributed by atoms with Crippen LogP contribution in [0.15, 0.2) is 29.4 Å². The quantitative estimate of drug-likeness (QED) is 0.797. The van der Waals surface area contributed by atoms with Crippen molar-refractivity contribution in [2.75, 3.05) is 0 Å². The van der Waals surface area contributed by atoms with Crippen molar-refractivity contribution < 1.29 is 4.79 Å². The van der Waals surface area contributed by atoms with E-state index in [9.17, 15) is 10.1 Å². The first kappa shape index (κ1) is 19.4. The third-order valence-electron chi connectivity index (χ3n) is 5.16. The van der Waals surface area contributed by atoms with Crippen molar-refractivity contribution in [2.45, 2.75) is 61.9 Å². The summed E-state index contributed by atoms with van der Waals surface area (Å²) >= 11 is 1.37. The maximum atomic E-state index is 12.7. The molecule has 1 N–H and O–H groups in total. The zero-order valence-electron chi connectivity index (χ0n) is 16.0. The van der Waals surface area contributed by atoms with Crippen LogP contribution in [0.4, 0.5) is 0 Å². The minimum Gasteiger partial charge on any atom is -0.337 e. The summed E-state index contributed by atoms with van der Waals surface area (Å²) in [4.78, 5) is 12.7. The van der Waals surface area contributed by atoms with Gasteiger partial charge >= 0.3 is 0 Å². The topological polar surface area (TPSA) is 83.6 Å². The number of thioether (sulfide) groups is 1. The number of carbonyl (C=O) groups is 1. The van der Waals surface area contributed by atoms with Gasteiger partial charge in [0.2, 0.25) is 5.91 Å². The van der Waals surface area contributed by atoms with Gasteiger partial charge < -0.3 is 9.88 Å². The van der Waals surface area contributed by atoms with E-state index in [1.807, 2.05) is 49.7 Å². The molecule has 6 nitrogen and oxygen atoms in total. The van der Waals surface area contributed by atoms with Crippen LogP contribution in [0.3, 0.4) is 0 Å². The minimum atomic E-state index is -0.712. The van der Waals surface area contributed by atoms with Crippen molar-refractivity contribution in [3.8, 4) is 17.5 Å². The van der Waals surface area contributed by atoms with E-state index in [0.29, 0.717) is 5.16 Å². The second kappa shape index (κ2) is 8.13. The summed E-state index contributed by atoms with van der Waals surface area (Å²) in [5, 5.41) is 21.5. The first-order valence-corrected chi connectivity index (χ1v) is 10.2. The van der Waals surface area contributed by atoms with Crippen molar-refractivity contribution >= 4 is 17.7 Å². The number of nitriles is 1. The summed E-state index contributed by atoms with van der Waals surface area (Å²) < 4.78 is 1.91. The highest BCUT2D eigenvalue weighted by atomic mass is 32.2. The lowest BCUT2D eigenvalue weighted by molar-refractivity contribution is -0.121. The lowest BCUT2D eigenvalue weighted by Gasteiger charge is -2.32. The maximum absolute atomic E-state index is 12.7. The Morgan fingerprint density at radius 3 is 2.67 bits per heavy atom. The number of hydrogen-bond acceptors (Lipinski definition) is 5. The highest BCUT2D eigenvalue weighted by Gasteiger charge is 2.35. The number of benzene rings is 1. The molecule has 1 aliphatic rings. The highest BCUT2D eigenvalue weighted by Crippen LogP contribution is 2.30. The molecule has 0 spiro atoms. The first-order chi connectivity index (χ1) is 13.0. The largest absolute Gasteiger partial charge is 0.337 e. The summed E-state index contributed by atoms with van der Waals surface area (Å²) in [5.74, 6) is 0.660. The van der Waals surface area contributed by atoms with Crippen molar-refractivity contribution in [1.29, 1.82) is 5.26 Å². The molecule has 0 aliphatic heterocycles. The van der Waals surface area contributed by atoms with Gasteiger partial charge in [-0.15, -0.1) is 10.2 Å². The van der Waals surface area contributed by atoms with Gasteiger partial charge in [0.25, 0.3) is 0 Å².